The summed E-state index contributed by atoms with van der Waals surface area (Å²) in [5.41, 5.74) is 0.0147. The number of ether oxygens (including phenoxy) is 1. The summed E-state index contributed by atoms with van der Waals surface area (Å²) in [5.74, 6) is 0.156. The van der Waals surface area contributed by atoms with Crippen LogP contribution in [0.2, 0.25) is 0 Å². The smallest absolute Gasteiger partial charge is 0.0864 e. The Bertz CT molecular complexity index is 161. The molecule has 2 atom stereocenters. The van der Waals surface area contributed by atoms with Crippen LogP contribution in [0.1, 0.15) is 32.1 Å². The Labute approximate surface area is 78.7 Å². The molecule has 1 spiro atoms. The maximum atomic E-state index is 9.12. The van der Waals surface area contributed by atoms with Gasteiger partial charge in [-0.3, -0.25) is 0 Å². The maximum Gasteiger partial charge on any atom is 0.0864 e. The standard InChI is InChI=1S/C10H18O3/c11-6-8-5-10(3-1-2-4-10)13-9(8)7-12/h8-9,11-12H,1-7H2/t8-,9-/m0/s1. The molecular weight excluding hydrogens is 168 g/mol. The van der Waals surface area contributed by atoms with E-state index in [0.29, 0.717) is 0 Å². The maximum absolute atomic E-state index is 9.12. The predicted octanol–water partition coefficient (Wildman–Crippen LogP) is 0.689. The van der Waals surface area contributed by atoms with E-state index in [1.165, 1.54) is 12.8 Å². The Morgan fingerprint density at radius 2 is 1.85 bits per heavy atom. The highest BCUT2D eigenvalue weighted by atomic mass is 16.5. The van der Waals surface area contributed by atoms with Crippen LogP contribution in [-0.4, -0.2) is 35.1 Å². The van der Waals surface area contributed by atoms with Crippen molar-refractivity contribution in [3.05, 3.63) is 0 Å². The number of aliphatic hydroxyl groups excluding tert-OH is 2. The molecule has 3 nitrogen and oxygen atoms in total. The third kappa shape index (κ3) is 1.60. The van der Waals surface area contributed by atoms with Gasteiger partial charge in [0.25, 0.3) is 0 Å². The summed E-state index contributed by atoms with van der Waals surface area (Å²) in [5, 5.41) is 18.2. The lowest BCUT2D eigenvalue weighted by Crippen LogP contribution is -2.26. The van der Waals surface area contributed by atoms with Crippen LogP contribution in [0.25, 0.3) is 0 Å². The normalized spacial score (nSPS) is 37.4. The second kappa shape index (κ2) is 3.56. The molecule has 2 fully saturated rings. The largest absolute Gasteiger partial charge is 0.396 e. The molecule has 1 aliphatic heterocycles. The van der Waals surface area contributed by atoms with Crippen molar-refractivity contribution in [2.75, 3.05) is 13.2 Å². The van der Waals surface area contributed by atoms with Gasteiger partial charge < -0.3 is 14.9 Å². The average Bonchev–Trinajstić information content (AvgIpc) is 2.74. The number of aliphatic hydroxyl groups is 2. The van der Waals surface area contributed by atoms with Gasteiger partial charge in [0.05, 0.1) is 18.3 Å². The summed E-state index contributed by atoms with van der Waals surface area (Å²) < 4.78 is 5.85. The van der Waals surface area contributed by atoms with Crippen molar-refractivity contribution in [2.45, 2.75) is 43.8 Å². The third-order valence-corrected chi connectivity index (χ3v) is 3.49. The highest BCUT2D eigenvalue weighted by Gasteiger charge is 2.46. The number of hydrogen-bond acceptors (Lipinski definition) is 3. The van der Waals surface area contributed by atoms with E-state index < -0.39 is 0 Å². The first-order valence-corrected chi connectivity index (χ1v) is 5.19. The van der Waals surface area contributed by atoms with Crippen molar-refractivity contribution in [3.63, 3.8) is 0 Å². The van der Waals surface area contributed by atoms with Gasteiger partial charge in [0.2, 0.25) is 0 Å². The van der Waals surface area contributed by atoms with Gasteiger partial charge in [-0.25, -0.2) is 0 Å². The minimum atomic E-state index is -0.122. The molecule has 0 aromatic heterocycles. The highest BCUT2D eigenvalue weighted by Crippen LogP contribution is 2.45. The lowest BCUT2D eigenvalue weighted by molar-refractivity contribution is -0.0627. The van der Waals surface area contributed by atoms with E-state index in [2.05, 4.69) is 0 Å². The van der Waals surface area contributed by atoms with E-state index in [1.54, 1.807) is 0 Å². The third-order valence-electron chi connectivity index (χ3n) is 3.49. The van der Waals surface area contributed by atoms with Gasteiger partial charge in [-0.1, -0.05) is 12.8 Å². The zero-order chi connectivity index (χ0) is 9.31. The topological polar surface area (TPSA) is 49.7 Å². The van der Waals surface area contributed by atoms with Gasteiger partial charge in [-0.05, 0) is 19.3 Å². The van der Waals surface area contributed by atoms with Crippen LogP contribution in [0.3, 0.4) is 0 Å². The van der Waals surface area contributed by atoms with Crippen molar-refractivity contribution in [1.29, 1.82) is 0 Å². The number of rotatable bonds is 2. The molecule has 0 radical (unpaired) electrons. The van der Waals surface area contributed by atoms with Crippen molar-refractivity contribution in [2.24, 2.45) is 5.92 Å². The van der Waals surface area contributed by atoms with Gasteiger partial charge in [0.1, 0.15) is 0 Å². The summed E-state index contributed by atoms with van der Waals surface area (Å²) in [6.45, 7) is 0.194. The first-order chi connectivity index (χ1) is 6.29. The second-order valence-electron chi connectivity index (χ2n) is 4.38. The van der Waals surface area contributed by atoms with Gasteiger partial charge in [0, 0.05) is 12.5 Å². The quantitative estimate of drug-likeness (QED) is 0.667. The van der Waals surface area contributed by atoms with Crippen molar-refractivity contribution < 1.29 is 14.9 Å². The Kier molecular flexibility index (Phi) is 2.58. The van der Waals surface area contributed by atoms with Crippen molar-refractivity contribution >= 4 is 0 Å². The van der Waals surface area contributed by atoms with E-state index in [9.17, 15) is 0 Å². The summed E-state index contributed by atoms with van der Waals surface area (Å²) in [4.78, 5) is 0. The van der Waals surface area contributed by atoms with Gasteiger partial charge in [0.15, 0.2) is 0 Å². The first-order valence-electron chi connectivity index (χ1n) is 5.19. The predicted molar refractivity (Wildman–Crippen MR) is 48.4 cm³/mol. The summed E-state index contributed by atoms with van der Waals surface area (Å²) in [6.07, 6.45) is 5.50. The molecule has 1 aliphatic carbocycles. The molecular formula is C10H18O3. The molecule has 0 aromatic carbocycles. The lowest BCUT2D eigenvalue weighted by Gasteiger charge is -2.22. The van der Waals surface area contributed by atoms with Crippen LogP contribution in [0, 0.1) is 5.92 Å². The zero-order valence-electron chi connectivity index (χ0n) is 7.91. The van der Waals surface area contributed by atoms with E-state index >= 15 is 0 Å². The van der Waals surface area contributed by atoms with E-state index in [4.69, 9.17) is 14.9 Å². The van der Waals surface area contributed by atoms with E-state index in [-0.39, 0.29) is 30.8 Å². The van der Waals surface area contributed by atoms with Gasteiger partial charge >= 0.3 is 0 Å². The Morgan fingerprint density at radius 1 is 1.15 bits per heavy atom. The lowest BCUT2D eigenvalue weighted by atomic mass is 9.91. The van der Waals surface area contributed by atoms with Crippen LogP contribution in [0.15, 0.2) is 0 Å². The fourth-order valence-corrected chi connectivity index (χ4v) is 2.78. The Balaban J connectivity index is 2.03. The highest BCUT2D eigenvalue weighted by molar-refractivity contribution is 4.96. The molecule has 1 saturated carbocycles. The molecule has 2 N–H and O–H groups in total. The van der Waals surface area contributed by atoms with Gasteiger partial charge in [-0.15, -0.1) is 0 Å². The molecule has 1 saturated heterocycles. The molecule has 0 unspecified atom stereocenters. The monoisotopic (exact) mass is 186 g/mol. The van der Waals surface area contributed by atoms with Crippen LogP contribution >= 0.6 is 0 Å². The molecule has 0 amide bonds. The number of hydrogen-bond donors (Lipinski definition) is 2. The summed E-state index contributed by atoms with van der Waals surface area (Å²) >= 11 is 0. The molecule has 13 heavy (non-hydrogen) atoms. The zero-order valence-corrected chi connectivity index (χ0v) is 7.91. The van der Waals surface area contributed by atoms with Crippen LogP contribution in [-0.2, 0) is 4.74 Å². The Hall–Kier alpha value is -0.120. The average molecular weight is 186 g/mol. The van der Waals surface area contributed by atoms with Crippen LogP contribution in [0.5, 0.6) is 0 Å². The summed E-state index contributed by atoms with van der Waals surface area (Å²) in [6, 6.07) is 0. The summed E-state index contributed by atoms with van der Waals surface area (Å²) in [7, 11) is 0. The van der Waals surface area contributed by atoms with E-state index in [0.717, 1.165) is 19.3 Å². The molecule has 3 heteroatoms. The second-order valence-corrected chi connectivity index (χ2v) is 4.38. The van der Waals surface area contributed by atoms with Crippen molar-refractivity contribution in [3.8, 4) is 0 Å². The molecule has 76 valence electrons. The SMILES string of the molecule is OC[C@@H]1CC2(CCCC2)O[C@H]1CO. The van der Waals surface area contributed by atoms with E-state index in [1.807, 2.05) is 0 Å². The van der Waals surface area contributed by atoms with Crippen LogP contribution < -0.4 is 0 Å². The van der Waals surface area contributed by atoms with Crippen molar-refractivity contribution in [1.82, 2.24) is 0 Å². The molecule has 2 rings (SSSR count). The Morgan fingerprint density at radius 3 is 2.31 bits per heavy atom. The fourth-order valence-electron chi connectivity index (χ4n) is 2.78. The molecule has 0 aromatic rings. The molecule has 0 bridgehead atoms. The minimum Gasteiger partial charge on any atom is -0.396 e. The van der Waals surface area contributed by atoms with Crippen LogP contribution in [0.4, 0.5) is 0 Å². The van der Waals surface area contributed by atoms with Gasteiger partial charge in [-0.2, -0.15) is 0 Å². The molecule has 2 aliphatic rings. The fraction of sp³-hybridized carbons (Fsp3) is 1.00. The first kappa shape index (κ1) is 9.44. The minimum absolute atomic E-state index is 0.0147. The molecule has 1 heterocycles.